The highest BCUT2D eigenvalue weighted by atomic mass is 16.4. The van der Waals surface area contributed by atoms with Crippen LogP contribution in [0.15, 0.2) is 0 Å². The van der Waals surface area contributed by atoms with Crippen molar-refractivity contribution in [2.45, 2.75) is 70.4 Å². The van der Waals surface area contributed by atoms with Crippen molar-refractivity contribution in [1.29, 1.82) is 0 Å². The second-order valence-electron chi connectivity index (χ2n) is 6.49. The van der Waals surface area contributed by atoms with Crippen molar-refractivity contribution in [1.82, 2.24) is 10.2 Å². The van der Waals surface area contributed by atoms with Crippen LogP contribution >= 0.6 is 0 Å². The summed E-state index contributed by atoms with van der Waals surface area (Å²) in [7, 11) is 0. The molecule has 2 aliphatic rings. The Morgan fingerprint density at radius 2 is 2.05 bits per heavy atom. The van der Waals surface area contributed by atoms with Gasteiger partial charge in [0.15, 0.2) is 0 Å². The molecule has 4 heteroatoms. The van der Waals surface area contributed by atoms with Crippen LogP contribution in [0.1, 0.15) is 58.8 Å². The predicted molar refractivity (Wildman–Crippen MR) is 80.9 cm³/mol. The Balaban J connectivity index is 2.10. The quantitative estimate of drug-likeness (QED) is 0.718. The van der Waals surface area contributed by atoms with Crippen molar-refractivity contribution < 1.29 is 9.90 Å². The highest BCUT2D eigenvalue weighted by Crippen LogP contribution is 2.41. The second-order valence-corrected chi connectivity index (χ2v) is 6.49. The molecule has 20 heavy (non-hydrogen) atoms. The third-order valence-electron chi connectivity index (χ3n) is 4.97. The minimum Gasteiger partial charge on any atom is -0.480 e. The molecule has 0 amide bonds. The fourth-order valence-electron chi connectivity index (χ4n) is 3.79. The average Bonchev–Trinajstić information content (AvgIpc) is 3.25. The van der Waals surface area contributed by atoms with Crippen molar-refractivity contribution in [3.8, 4) is 0 Å². The smallest absolute Gasteiger partial charge is 0.325 e. The van der Waals surface area contributed by atoms with E-state index in [0.29, 0.717) is 18.5 Å². The molecule has 0 aromatic carbocycles. The van der Waals surface area contributed by atoms with Gasteiger partial charge in [0.05, 0.1) is 0 Å². The maximum atomic E-state index is 11.9. The standard InChI is InChI=1S/C16H30N2O2/c1-3-7-14-8-5-6-11-18(14)12-16(15(19)20,17-4-2)13-9-10-13/h13-14,17H,3-12H2,1-2H3,(H,19,20). The van der Waals surface area contributed by atoms with Gasteiger partial charge in [0.25, 0.3) is 0 Å². The summed E-state index contributed by atoms with van der Waals surface area (Å²) in [6.07, 6.45) is 8.26. The van der Waals surface area contributed by atoms with Gasteiger partial charge in [-0.3, -0.25) is 9.69 Å². The first-order valence-electron chi connectivity index (χ1n) is 8.36. The zero-order valence-corrected chi connectivity index (χ0v) is 13.0. The molecule has 0 bridgehead atoms. The molecule has 2 atom stereocenters. The van der Waals surface area contributed by atoms with E-state index >= 15 is 0 Å². The van der Waals surface area contributed by atoms with Gasteiger partial charge in [-0.05, 0) is 51.1 Å². The van der Waals surface area contributed by atoms with Gasteiger partial charge in [0.1, 0.15) is 5.54 Å². The maximum absolute atomic E-state index is 11.9. The van der Waals surface area contributed by atoms with Crippen molar-refractivity contribution in [3.05, 3.63) is 0 Å². The molecule has 4 nitrogen and oxygen atoms in total. The molecule has 0 radical (unpaired) electrons. The summed E-state index contributed by atoms with van der Waals surface area (Å²) in [4.78, 5) is 14.4. The lowest BCUT2D eigenvalue weighted by Crippen LogP contribution is -2.62. The molecule has 2 fully saturated rings. The molecule has 1 heterocycles. The molecule has 1 saturated heterocycles. The van der Waals surface area contributed by atoms with Crippen LogP contribution in [0.5, 0.6) is 0 Å². The number of nitrogens with zero attached hydrogens (tertiary/aromatic N) is 1. The van der Waals surface area contributed by atoms with E-state index < -0.39 is 11.5 Å². The Bertz CT molecular complexity index is 328. The number of aliphatic carboxylic acids is 1. The van der Waals surface area contributed by atoms with Gasteiger partial charge in [-0.25, -0.2) is 0 Å². The number of hydrogen-bond donors (Lipinski definition) is 2. The fourth-order valence-corrected chi connectivity index (χ4v) is 3.79. The number of piperidine rings is 1. The van der Waals surface area contributed by atoms with Crippen molar-refractivity contribution in [2.24, 2.45) is 5.92 Å². The van der Waals surface area contributed by atoms with Crippen LogP contribution in [0.3, 0.4) is 0 Å². The molecule has 0 aromatic heterocycles. The number of carboxylic acid groups (broad SMARTS) is 1. The summed E-state index contributed by atoms with van der Waals surface area (Å²) in [6.45, 7) is 6.72. The number of likely N-dealkylation sites (N-methyl/N-ethyl adjacent to an activating group) is 1. The summed E-state index contributed by atoms with van der Waals surface area (Å²) < 4.78 is 0. The predicted octanol–water partition coefficient (Wildman–Crippen LogP) is 2.48. The Morgan fingerprint density at radius 3 is 2.60 bits per heavy atom. The molecule has 1 aliphatic heterocycles. The molecule has 0 spiro atoms. The first kappa shape index (κ1) is 15.8. The van der Waals surface area contributed by atoms with E-state index in [1.54, 1.807) is 0 Å². The zero-order chi connectivity index (χ0) is 14.6. The molecular weight excluding hydrogens is 252 g/mol. The minimum absolute atomic E-state index is 0.323. The van der Waals surface area contributed by atoms with E-state index in [1.807, 2.05) is 6.92 Å². The van der Waals surface area contributed by atoms with Crippen molar-refractivity contribution >= 4 is 5.97 Å². The van der Waals surface area contributed by atoms with Gasteiger partial charge in [0, 0.05) is 12.6 Å². The Morgan fingerprint density at radius 1 is 1.30 bits per heavy atom. The van der Waals surface area contributed by atoms with E-state index in [-0.39, 0.29) is 0 Å². The van der Waals surface area contributed by atoms with E-state index in [2.05, 4.69) is 17.1 Å². The molecule has 1 aliphatic carbocycles. The van der Waals surface area contributed by atoms with Crippen LogP contribution in [0.2, 0.25) is 0 Å². The molecule has 2 unspecified atom stereocenters. The first-order valence-corrected chi connectivity index (χ1v) is 8.36. The summed E-state index contributed by atoms with van der Waals surface area (Å²) in [6, 6.07) is 0.588. The number of carbonyl (C=O) groups is 1. The van der Waals surface area contributed by atoms with E-state index in [9.17, 15) is 9.90 Å². The number of nitrogens with one attached hydrogen (secondary N) is 1. The third-order valence-corrected chi connectivity index (χ3v) is 4.97. The van der Waals surface area contributed by atoms with Crippen LogP contribution in [0.4, 0.5) is 0 Å². The molecule has 1 saturated carbocycles. The van der Waals surface area contributed by atoms with Crippen LogP contribution in [0.25, 0.3) is 0 Å². The Kier molecular flexibility index (Phi) is 5.44. The van der Waals surface area contributed by atoms with E-state index in [1.165, 1.54) is 32.1 Å². The third kappa shape index (κ3) is 3.34. The van der Waals surface area contributed by atoms with Crippen molar-refractivity contribution in [3.63, 3.8) is 0 Å². The summed E-state index contributed by atoms with van der Waals surface area (Å²) in [5.41, 5.74) is -0.710. The Hall–Kier alpha value is -0.610. The molecule has 2 N–H and O–H groups in total. The van der Waals surface area contributed by atoms with Crippen LogP contribution in [-0.2, 0) is 4.79 Å². The lowest BCUT2D eigenvalue weighted by Gasteiger charge is -2.42. The SMILES string of the molecule is CCCC1CCCCN1CC(NCC)(C(=O)O)C1CC1. The van der Waals surface area contributed by atoms with Gasteiger partial charge in [0.2, 0.25) is 0 Å². The fraction of sp³-hybridized carbons (Fsp3) is 0.938. The summed E-state index contributed by atoms with van der Waals surface area (Å²) >= 11 is 0. The molecule has 0 aromatic rings. The first-order chi connectivity index (χ1) is 9.64. The number of rotatable bonds is 8. The summed E-state index contributed by atoms with van der Waals surface area (Å²) in [5, 5.41) is 13.1. The number of likely N-dealkylation sites (tertiary alicyclic amines) is 1. The highest BCUT2D eigenvalue weighted by Gasteiger charge is 2.52. The van der Waals surface area contributed by atoms with Crippen LogP contribution in [0, 0.1) is 5.92 Å². The topological polar surface area (TPSA) is 52.6 Å². The lowest BCUT2D eigenvalue weighted by molar-refractivity contribution is -0.147. The second kappa shape index (κ2) is 6.90. The van der Waals surface area contributed by atoms with Gasteiger partial charge in [-0.2, -0.15) is 0 Å². The largest absolute Gasteiger partial charge is 0.480 e. The highest BCUT2D eigenvalue weighted by molar-refractivity contribution is 5.80. The summed E-state index contributed by atoms with van der Waals surface area (Å²) in [5.74, 6) is -0.327. The molecular formula is C16H30N2O2. The van der Waals surface area contributed by atoms with Crippen LogP contribution in [-0.4, -0.2) is 47.2 Å². The normalized spacial score (nSPS) is 27.2. The van der Waals surface area contributed by atoms with E-state index in [0.717, 1.165) is 25.9 Å². The molecule has 2 rings (SSSR count). The van der Waals surface area contributed by atoms with Gasteiger partial charge >= 0.3 is 5.97 Å². The number of hydrogen-bond acceptors (Lipinski definition) is 3. The minimum atomic E-state index is -0.710. The van der Waals surface area contributed by atoms with Gasteiger partial charge in [-0.1, -0.05) is 26.7 Å². The van der Waals surface area contributed by atoms with Crippen molar-refractivity contribution in [2.75, 3.05) is 19.6 Å². The molecule has 116 valence electrons. The average molecular weight is 282 g/mol. The Labute approximate surface area is 122 Å². The lowest BCUT2D eigenvalue weighted by atomic mass is 9.89. The monoisotopic (exact) mass is 282 g/mol. The maximum Gasteiger partial charge on any atom is 0.325 e. The zero-order valence-electron chi connectivity index (χ0n) is 13.0. The van der Waals surface area contributed by atoms with Gasteiger partial charge < -0.3 is 10.4 Å². The van der Waals surface area contributed by atoms with Gasteiger partial charge in [-0.15, -0.1) is 0 Å². The van der Waals surface area contributed by atoms with Crippen LogP contribution < -0.4 is 5.32 Å². The number of carboxylic acids is 1. The van der Waals surface area contributed by atoms with E-state index in [4.69, 9.17) is 0 Å².